The lowest BCUT2D eigenvalue weighted by atomic mass is 10.1. The van der Waals surface area contributed by atoms with E-state index in [-0.39, 0.29) is 5.91 Å². The Morgan fingerprint density at radius 1 is 1.07 bits per heavy atom. The van der Waals surface area contributed by atoms with Gasteiger partial charge in [-0.25, -0.2) is 4.68 Å². The van der Waals surface area contributed by atoms with Crippen LogP contribution in [0.1, 0.15) is 22.3 Å². The van der Waals surface area contributed by atoms with E-state index in [2.05, 4.69) is 14.9 Å². The van der Waals surface area contributed by atoms with E-state index >= 15 is 0 Å². The number of anilines is 1. The van der Waals surface area contributed by atoms with Gasteiger partial charge in [-0.1, -0.05) is 59.9 Å². The van der Waals surface area contributed by atoms with Gasteiger partial charge in [0.2, 0.25) is 0 Å². The summed E-state index contributed by atoms with van der Waals surface area (Å²) in [6.45, 7) is 1.95. The first-order chi connectivity index (χ1) is 13.3. The first-order valence-electron chi connectivity index (χ1n) is 8.59. The number of carbonyl (C=O) groups is 1. The maximum Gasteiger partial charge on any atom is 0.270 e. The summed E-state index contributed by atoms with van der Waals surface area (Å²) in [4.78, 5) is 13.3. The Morgan fingerprint density at radius 3 is 2.48 bits per heavy atom. The van der Waals surface area contributed by atoms with Crippen molar-refractivity contribution >= 4 is 23.3 Å². The summed E-state index contributed by atoms with van der Waals surface area (Å²) in [5.74, 6) is 0.374. The molecule has 0 radical (unpaired) electrons. The van der Waals surface area contributed by atoms with E-state index in [0.29, 0.717) is 22.8 Å². The minimum Gasteiger partial charge on any atom is -0.306 e. The predicted octanol–water partition coefficient (Wildman–Crippen LogP) is 4.21. The van der Waals surface area contributed by atoms with Crippen LogP contribution in [0.2, 0.25) is 0 Å². The van der Waals surface area contributed by atoms with E-state index in [0.717, 1.165) is 28.5 Å². The molecule has 4 rings (SSSR count). The molecule has 0 aliphatic heterocycles. The molecule has 0 unspecified atom stereocenters. The highest BCUT2D eigenvalue weighted by atomic mass is 32.1. The average Bonchev–Trinajstić information content (AvgIpc) is 3.36. The molecular formula is C20H17N5OS. The minimum absolute atomic E-state index is 0.224. The number of para-hydroxylation sites is 1. The van der Waals surface area contributed by atoms with Crippen molar-refractivity contribution in [2.24, 2.45) is 0 Å². The molecule has 0 spiro atoms. The fourth-order valence-corrected chi connectivity index (χ4v) is 3.42. The van der Waals surface area contributed by atoms with Crippen LogP contribution in [0.3, 0.4) is 0 Å². The molecule has 0 bridgehead atoms. The molecule has 1 amide bonds. The maximum absolute atomic E-state index is 12.8. The molecule has 0 saturated carbocycles. The van der Waals surface area contributed by atoms with Crippen LogP contribution in [0.25, 0.3) is 16.9 Å². The van der Waals surface area contributed by atoms with Gasteiger partial charge in [0, 0.05) is 11.6 Å². The quantitative estimate of drug-likeness (QED) is 0.567. The normalized spacial score (nSPS) is 10.7. The number of carbonyl (C=O) groups excluding carboxylic acids is 1. The molecule has 0 atom stereocenters. The lowest BCUT2D eigenvalue weighted by Gasteiger charge is -2.08. The smallest absolute Gasteiger partial charge is 0.270 e. The molecule has 134 valence electrons. The first kappa shape index (κ1) is 17.1. The Kier molecular flexibility index (Phi) is 4.76. The van der Waals surface area contributed by atoms with Crippen molar-refractivity contribution in [3.8, 4) is 16.9 Å². The summed E-state index contributed by atoms with van der Waals surface area (Å²) in [7, 11) is 0. The van der Waals surface area contributed by atoms with Crippen LogP contribution < -0.4 is 5.32 Å². The zero-order chi connectivity index (χ0) is 18.6. The van der Waals surface area contributed by atoms with E-state index in [1.54, 1.807) is 4.68 Å². The summed E-state index contributed by atoms with van der Waals surface area (Å²) in [6.07, 6.45) is 0.659. The van der Waals surface area contributed by atoms with Crippen LogP contribution in [-0.4, -0.2) is 25.3 Å². The third-order valence-electron chi connectivity index (χ3n) is 4.12. The summed E-state index contributed by atoms with van der Waals surface area (Å²) < 4.78 is 5.63. The molecule has 2 aromatic heterocycles. The van der Waals surface area contributed by atoms with E-state index in [9.17, 15) is 4.79 Å². The molecule has 0 aliphatic rings. The van der Waals surface area contributed by atoms with Crippen LogP contribution in [-0.2, 0) is 6.42 Å². The topological polar surface area (TPSA) is 72.7 Å². The van der Waals surface area contributed by atoms with Crippen molar-refractivity contribution < 1.29 is 4.79 Å². The Morgan fingerprint density at radius 2 is 1.78 bits per heavy atom. The van der Waals surface area contributed by atoms with Crippen molar-refractivity contribution in [2.75, 3.05) is 5.32 Å². The zero-order valence-electron chi connectivity index (χ0n) is 14.7. The molecule has 0 saturated heterocycles. The van der Waals surface area contributed by atoms with Crippen molar-refractivity contribution in [3.63, 3.8) is 0 Å². The van der Waals surface area contributed by atoms with Crippen molar-refractivity contribution in [2.45, 2.75) is 13.3 Å². The van der Waals surface area contributed by atoms with Gasteiger partial charge in [0.05, 0.1) is 17.1 Å². The Hall–Kier alpha value is -3.32. The highest BCUT2D eigenvalue weighted by molar-refractivity contribution is 7.08. The number of nitrogens with one attached hydrogen (secondary N) is 1. The van der Waals surface area contributed by atoms with Crippen LogP contribution in [0, 0.1) is 0 Å². The second-order valence-electron chi connectivity index (χ2n) is 5.88. The molecule has 0 fully saturated rings. The number of aryl methyl sites for hydroxylation is 1. The van der Waals surface area contributed by atoms with Gasteiger partial charge in [0.25, 0.3) is 5.91 Å². The van der Waals surface area contributed by atoms with E-state index in [1.807, 2.05) is 73.7 Å². The van der Waals surface area contributed by atoms with Crippen LogP contribution in [0.4, 0.5) is 5.82 Å². The Balaban J connectivity index is 1.74. The zero-order valence-corrected chi connectivity index (χ0v) is 15.5. The summed E-state index contributed by atoms with van der Waals surface area (Å²) in [5.41, 5.74) is 3.34. The first-order valence-corrected chi connectivity index (χ1v) is 9.37. The van der Waals surface area contributed by atoms with Gasteiger partial charge >= 0.3 is 0 Å². The third kappa shape index (κ3) is 3.50. The van der Waals surface area contributed by atoms with E-state index < -0.39 is 0 Å². The van der Waals surface area contributed by atoms with E-state index in [4.69, 9.17) is 5.10 Å². The monoisotopic (exact) mass is 375 g/mol. The fourth-order valence-electron chi connectivity index (χ4n) is 2.77. The molecule has 1 N–H and O–H groups in total. The van der Waals surface area contributed by atoms with Gasteiger partial charge < -0.3 is 5.32 Å². The Labute approximate surface area is 160 Å². The number of amides is 1. The molecule has 27 heavy (non-hydrogen) atoms. The largest absolute Gasteiger partial charge is 0.306 e. The number of aromatic nitrogens is 4. The minimum atomic E-state index is -0.224. The average molecular weight is 375 g/mol. The lowest BCUT2D eigenvalue weighted by molar-refractivity contribution is 0.102. The second-order valence-corrected chi connectivity index (χ2v) is 6.64. The van der Waals surface area contributed by atoms with Crippen LogP contribution >= 0.6 is 11.5 Å². The molecule has 7 heteroatoms. The van der Waals surface area contributed by atoms with Gasteiger partial charge in [-0.3, -0.25) is 4.79 Å². The summed E-state index contributed by atoms with van der Waals surface area (Å²) >= 11 is 1.10. The predicted molar refractivity (Wildman–Crippen MR) is 106 cm³/mol. The summed E-state index contributed by atoms with van der Waals surface area (Å²) in [5, 5.41) is 11.7. The Bertz CT molecular complexity index is 1060. The maximum atomic E-state index is 12.8. The molecular weight excluding hydrogens is 358 g/mol. The van der Waals surface area contributed by atoms with Gasteiger partial charge in [0.15, 0.2) is 0 Å². The number of hydrogen-bond acceptors (Lipinski definition) is 5. The van der Waals surface area contributed by atoms with Gasteiger partial charge in [-0.05, 0) is 30.1 Å². The second kappa shape index (κ2) is 7.51. The molecule has 6 nitrogen and oxygen atoms in total. The van der Waals surface area contributed by atoms with Crippen LogP contribution in [0.5, 0.6) is 0 Å². The molecule has 0 aliphatic carbocycles. The number of rotatable bonds is 5. The SMILES string of the molecule is CCc1nnsc1C(=O)Nc1cc(-c2ccccc2)nn1-c1ccccc1. The number of nitrogens with zero attached hydrogens (tertiary/aromatic N) is 4. The highest BCUT2D eigenvalue weighted by Crippen LogP contribution is 2.25. The summed E-state index contributed by atoms with van der Waals surface area (Å²) in [6, 6.07) is 21.5. The number of benzene rings is 2. The molecule has 4 aromatic rings. The van der Waals surface area contributed by atoms with Gasteiger partial charge in [-0.15, -0.1) is 5.10 Å². The number of hydrogen-bond donors (Lipinski definition) is 1. The highest BCUT2D eigenvalue weighted by Gasteiger charge is 2.19. The van der Waals surface area contributed by atoms with E-state index in [1.165, 1.54) is 0 Å². The van der Waals surface area contributed by atoms with Gasteiger partial charge in [0.1, 0.15) is 10.7 Å². The van der Waals surface area contributed by atoms with Crippen molar-refractivity contribution in [3.05, 3.63) is 77.3 Å². The van der Waals surface area contributed by atoms with Crippen LogP contribution in [0.15, 0.2) is 66.7 Å². The standard InChI is InChI=1S/C20H17N5OS/c1-2-16-19(27-24-22-16)20(26)21-18-13-17(14-9-5-3-6-10-14)23-25(18)15-11-7-4-8-12-15/h3-13H,2H2,1H3,(H,21,26). The lowest BCUT2D eigenvalue weighted by Crippen LogP contribution is -2.15. The van der Waals surface area contributed by atoms with Gasteiger partial charge in [-0.2, -0.15) is 5.10 Å². The fraction of sp³-hybridized carbons (Fsp3) is 0.100. The molecule has 2 aromatic carbocycles. The third-order valence-corrected chi connectivity index (χ3v) is 4.89. The van der Waals surface area contributed by atoms with Crippen molar-refractivity contribution in [1.82, 2.24) is 19.4 Å². The van der Waals surface area contributed by atoms with Crippen molar-refractivity contribution in [1.29, 1.82) is 0 Å². The molecule has 2 heterocycles.